The van der Waals surface area contributed by atoms with E-state index in [1.165, 1.54) is 10.5 Å². The van der Waals surface area contributed by atoms with Crippen molar-refractivity contribution in [2.75, 3.05) is 5.75 Å². The van der Waals surface area contributed by atoms with Crippen LogP contribution in [0.3, 0.4) is 0 Å². The summed E-state index contributed by atoms with van der Waals surface area (Å²) in [5.41, 5.74) is 1.20. The van der Waals surface area contributed by atoms with Gasteiger partial charge in [-0.1, -0.05) is 31.2 Å². The van der Waals surface area contributed by atoms with Gasteiger partial charge in [0.2, 0.25) is 0 Å². The molecule has 2 heteroatoms. The van der Waals surface area contributed by atoms with Gasteiger partial charge in [0.05, 0.1) is 0 Å². The van der Waals surface area contributed by atoms with Gasteiger partial charge in [0.1, 0.15) is 5.78 Å². The lowest BCUT2D eigenvalue weighted by atomic mass is 10.1. The summed E-state index contributed by atoms with van der Waals surface area (Å²) in [5, 5.41) is 0. The number of thioether (sulfide) groups is 1. The van der Waals surface area contributed by atoms with Crippen LogP contribution in [-0.2, 0) is 4.79 Å². The van der Waals surface area contributed by atoms with E-state index < -0.39 is 0 Å². The summed E-state index contributed by atoms with van der Waals surface area (Å²) in [5.74, 6) is 1.35. The number of Topliss-reactive ketones (excluding diaryl/α,β-unsaturated/α-hetero) is 1. The number of benzene rings is 1. The van der Waals surface area contributed by atoms with Crippen LogP contribution < -0.4 is 0 Å². The maximum absolute atomic E-state index is 10.7. The molecule has 0 saturated carbocycles. The van der Waals surface area contributed by atoms with Gasteiger partial charge in [-0.3, -0.25) is 0 Å². The SMILES string of the molecule is CCSc1ccc(/C=C/CCC(C)=O)cc1. The van der Waals surface area contributed by atoms with E-state index in [2.05, 4.69) is 43.3 Å². The van der Waals surface area contributed by atoms with Crippen molar-refractivity contribution in [1.29, 1.82) is 0 Å². The fraction of sp³-hybridized carbons (Fsp3) is 0.357. The summed E-state index contributed by atoms with van der Waals surface area (Å²) in [4.78, 5) is 12.0. The van der Waals surface area contributed by atoms with Crippen LogP contribution in [-0.4, -0.2) is 11.5 Å². The molecule has 1 nitrogen and oxygen atoms in total. The maximum atomic E-state index is 10.7. The van der Waals surface area contributed by atoms with E-state index in [0.717, 1.165) is 12.2 Å². The average molecular weight is 234 g/mol. The van der Waals surface area contributed by atoms with Crippen LogP contribution in [0.25, 0.3) is 6.08 Å². The van der Waals surface area contributed by atoms with Crippen LogP contribution >= 0.6 is 11.8 Å². The lowest BCUT2D eigenvalue weighted by Crippen LogP contribution is -1.86. The highest BCUT2D eigenvalue weighted by Gasteiger charge is 1.92. The minimum atomic E-state index is 0.249. The molecule has 0 fully saturated rings. The number of rotatable bonds is 6. The summed E-state index contributed by atoms with van der Waals surface area (Å²) in [6.07, 6.45) is 5.60. The van der Waals surface area contributed by atoms with Gasteiger partial charge in [0, 0.05) is 11.3 Å². The number of hydrogen-bond acceptors (Lipinski definition) is 2. The van der Waals surface area contributed by atoms with Gasteiger partial charge < -0.3 is 4.79 Å². The summed E-state index contributed by atoms with van der Waals surface area (Å²) >= 11 is 1.85. The third kappa shape index (κ3) is 5.17. The Hall–Kier alpha value is -1.02. The predicted molar refractivity (Wildman–Crippen MR) is 71.8 cm³/mol. The van der Waals surface area contributed by atoms with Crippen molar-refractivity contribution in [2.45, 2.75) is 31.6 Å². The predicted octanol–water partition coefficient (Wildman–Crippen LogP) is 4.18. The van der Waals surface area contributed by atoms with E-state index in [0.29, 0.717) is 6.42 Å². The van der Waals surface area contributed by atoms with Gasteiger partial charge >= 0.3 is 0 Å². The molecule has 1 aromatic rings. The van der Waals surface area contributed by atoms with E-state index in [9.17, 15) is 4.79 Å². The Morgan fingerprint density at radius 1 is 1.31 bits per heavy atom. The highest BCUT2D eigenvalue weighted by atomic mass is 32.2. The molecule has 0 spiro atoms. The molecule has 0 aliphatic heterocycles. The fourth-order valence-corrected chi connectivity index (χ4v) is 2.01. The lowest BCUT2D eigenvalue weighted by molar-refractivity contribution is -0.116. The Morgan fingerprint density at radius 3 is 2.56 bits per heavy atom. The summed E-state index contributed by atoms with van der Waals surface area (Å²) in [6.45, 7) is 3.78. The second-order valence-electron chi connectivity index (χ2n) is 3.65. The van der Waals surface area contributed by atoms with Gasteiger partial charge in [-0.15, -0.1) is 11.8 Å². The van der Waals surface area contributed by atoms with Crippen molar-refractivity contribution < 1.29 is 4.79 Å². The molecule has 0 aliphatic rings. The summed E-state index contributed by atoms with van der Waals surface area (Å²) < 4.78 is 0. The molecule has 0 aromatic heterocycles. The van der Waals surface area contributed by atoms with Crippen LogP contribution in [0.2, 0.25) is 0 Å². The highest BCUT2D eigenvalue weighted by Crippen LogP contribution is 2.18. The number of carbonyl (C=O) groups excluding carboxylic acids is 1. The maximum Gasteiger partial charge on any atom is 0.130 e. The molecule has 16 heavy (non-hydrogen) atoms. The van der Waals surface area contributed by atoms with Crippen LogP contribution in [0.5, 0.6) is 0 Å². The van der Waals surface area contributed by atoms with Crippen LogP contribution in [0.15, 0.2) is 35.2 Å². The van der Waals surface area contributed by atoms with E-state index in [4.69, 9.17) is 0 Å². The fourth-order valence-electron chi connectivity index (χ4n) is 1.35. The molecular weight excluding hydrogens is 216 g/mol. The molecule has 0 amide bonds. The zero-order valence-corrected chi connectivity index (χ0v) is 10.7. The average Bonchev–Trinajstić information content (AvgIpc) is 2.27. The van der Waals surface area contributed by atoms with Crippen molar-refractivity contribution in [2.24, 2.45) is 0 Å². The number of ketones is 1. The van der Waals surface area contributed by atoms with Gasteiger partial charge in [0.25, 0.3) is 0 Å². The first-order chi connectivity index (χ1) is 7.72. The Kier molecular flexibility index (Phi) is 5.94. The molecule has 0 bridgehead atoms. The molecule has 0 N–H and O–H groups in total. The molecule has 0 aliphatic carbocycles. The molecular formula is C14H18OS. The zero-order chi connectivity index (χ0) is 11.8. The minimum Gasteiger partial charge on any atom is -0.300 e. The van der Waals surface area contributed by atoms with Crippen molar-refractivity contribution in [3.63, 3.8) is 0 Å². The van der Waals surface area contributed by atoms with Crippen LogP contribution in [0.4, 0.5) is 0 Å². The third-order valence-electron chi connectivity index (χ3n) is 2.16. The monoisotopic (exact) mass is 234 g/mol. The Labute approximate surface area is 102 Å². The lowest BCUT2D eigenvalue weighted by Gasteiger charge is -1.98. The van der Waals surface area contributed by atoms with Gasteiger partial charge in [-0.05, 0) is 36.8 Å². The largest absolute Gasteiger partial charge is 0.300 e. The van der Waals surface area contributed by atoms with Crippen molar-refractivity contribution in [3.05, 3.63) is 35.9 Å². The van der Waals surface area contributed by atoms with Gasteiger partial charge in [0.15, 0.2) is 0 Å². The van der Waals surface area contributed by atoms with Crippen LogP contribution in [0.1, 0.15) is 32.3 Å². The molecule has 0 radical (unpaired) electrons. The Balaban J connectivity index is 2.45. The first-order valence-corrected chi connectivity index (χ1v) is 6.59. The first kappa shape index (κ1) is 13.0. The zero-order valence-electron chi connectivity index (χ0n) is 9.90. The van der Waals surface area contributed by atoms with E-state index >= 15 is 0 Å². The standard InChI is InChI=1S/C14H18OS/c1-3-16-14-10-8-13(9-11-14)7-5-4-6-12(2)15/h5,7-11H,3-4,6H2,1-2H3/b7-5+. The Bertz CT molecular complexity index is 352. The normalized spacial score (nSPS) is 10.9. The summed E-state index contributed by atoms with van der Waals surface area (Å²) in [6, 6.07) is 8.50. The quantitative estimate of drug-likeness (QED) is 0.687. The summed E-state index contributed by atoms with van der Waals surface area (Å²) in [7, 11) is 0. The van der Waals surface area contributed by atoms with E-state index in [1.807, 2.05) is 11.8 Å². The highest BCUT2D eigenvalue weighted by molar-refractivity contribution is 7.99. The molecule has 0 saturated heterocycles. The number of carbonyl (C=O) groups is 1. The molecule has 1 aromatic carbocycles. The van der Waals surface area contributed by atoms with Crippen molar-refractivity contribution in [1.82, 2.24) is 0 Å². The second kappa shape index (κ2) is 7.29. The van der Waals surface area contributed by atoms with Crippen molar-refractivity contribution >= 4 is 23.6 Å². The van der Waals surface area contributed by atoms with Gasteiger partial charge in [-0.25, -0.2) is 0 Å². The van der Waals surface area contributed by atoms with Crippen LogP contribution in [0, 0.1) is 0 Å². The smallest absolute Gasteiger partial charge is 0.130 e. The molecule has 0 heterocycles. The van der Waals surface area contributed by atoms with Gasteiger partial charge in [-0.2, -0.15) is 0 Å². The number of hydrogen-bond donors (Lipinski definition) is 0. The molecule has 86 valence electrons. The number of allylic oxidation sites excluding steroid dienone is 1. The second-order valence-corrected chi connectivity index (χ2v) is 4.98. The van der Waals surface area contributed by atoms with E-state index in [1.54, 1.807) is 6.92 Å². The van der Waals surface area contributed by atoms with E-state index in [-0.39, 0.29) is 5.78 Å². The third-order valence-corrected chi connectivity index (χ3v) is 3.06. The molecule has 0 atom stereocenters. The van der Waals surface area contributed by atoms with Crippen molar-refractivity contribution in [3.8, 4) is 0 Å². The Morgan fingerprint density at radius 2 is 2.00 bits per heavy atom. The topological polar surface area (TPSA) is 17.1 Å². The molecule has 1 rings (SSSR count). The minimum absolute atomic E-state index is 0.249. The first-order valence-electron chi connectivity index (χ1n) is 5.61. The molecule has 0 unspecified atom stereocenters.